The number of para-hydroxylation sites is 1. The van der Waals surface area contributed by atoms with Crippen molar-refractivity contribution in [2.45, 2.75) is 109 Å². The van der Waals surface area contributed by atoms with Gasteiger partial charge in [-0.05, 0) is 62.3 Å². The first-order chi connectivity index (χ1) is 21.3. The lowest BCUT2D eigenvalue weighted by Crippen LogP contribution is -2.39. The van der Waals surface area contributed by atoms with Gasteiger partial charge in [-0.2, -0.15) is 0 Å². The third-order valence-corrected chi connectivity index (χ3v) is 8.10. The van der Waals surface area contributed by atoms with Gasteiger partial charge < -0.3 is 24.8 Å². The van der Waals surface area contributed by atoms with Gasteiger partial charge in [-0.25, -0.2) is 4.57 Å². The van der Waals surface area contributed by atoms with Gasteiger partial charge in [0.15, 0.2) is 5.88 Å². The number of phosphoric acid groups is 1. The van der Waals surface area contributed by atoms with E-state index in [9.17, 15) is 19.1 Å². The molecule has 4 N–H and O–H groups in total. The number of allylic oxidation sites excluding steroid dienone is 2. The summed E-state index contributed by atoms with van der Waals surface area (Å²) in [5.41, 5.74) is 1.87. The molecule has 0 spiro atoms. The Kier molecular flexibility index (Phi) is 16.3. The summed E-state index contributed by atoms with van der Waals surface area (Å²) >= 11 is 0. The molecule has 1 atom stereocenters. The molecule has 2 aromatic carbocycles. The maximum absolute atomic E-state index is 12.6. The molecule has 44 heavy (non-hydrogen) atoms. The fourth-order valence-electron chi connectivity index (χ4n) is 5.20. The number of aromatic nitrogens is 1. The molecule has 242 valence electrons. The molecule has 0 saturated carbocycles. The summed E-state index contributed by atoms with van der Waals surface area (Å²) in [7, 11) is -4.66. The van der Waals surface area contributed by atoms with Crippen molar-refractivity contribution in [3.63, 3.8) is 0 Å². The van der Waals surface area contributed by atoms with E-state index in [1.165, 1.54) is 51.4 Å². The van der Waals surface area contributed by atoms with Crippen LogP contribution in [0.3, 0.4) is 0 Å². The van der Waals surface area contributed by atoms with Crippen molar-refractivity contribution in [1.82, 2.24) is 10.3 Å². The molecule has 0 bridgehead atoms. The number of nitrogens with one attached hydrogen (secondary N) is 2. The molecule has 0 fully saturated rings. The van der Waals surface area contributed by atoms with Crippen molar-refractivity contribution in [3.05, 3.63) is 72.3 Å². The number of hydrogen-bond donors (Lipinski definition) is 4. The van der Waals surface area contributed by atoms with Crippen LogP contribution in [-0.4, -0.2) is 33.3 Å². The van der Waals surface area contributed by atoms with Crippen LogP contribution >= 0.6 is 7.82 Å². The van der Waals surface area contributed by atoms with Crippen LogP contribution in [0, 0.1) is 0 Å². The van der Waals surface area contributed by atoms with Crippen LogP contribution in [0.1, 0.15) is 102 Å². The lowest BCUT2D eigenvalue weighted by molar-refractivity contribution is -0.122. The minimum atomic E-state index is -4.66. The summed E-state index contributed by atoms with van der Waals surface area (Å²) in [4.78, 5) is 34.3. The van der Waals surface area contributed by atoms with Gasteiger partial charge in [0.2, 0.25) is 5.91 Å². The monoisotopic (exact) mass is 626 g/mol. The maximum atomic E-state index is 12.6. The number of amides is 1. The normalized spacial score (nSPS) is 12.6. The Morgan fingerprint density at radius 2 is 1.52 bits per heavy atom. The zero-order chi connectivity index (χ0) is 31.5. The molecule has 0 saturated heterocycles. The molecule has 1 unspecified atom stereocenters. The summed E-state index contributed by atoms with van der Waals surface area (Å²) in [5, 5.41) is 3.96. The number of benzene rings is 2. The zero-order valence-corrected chi connectivity index (χ0v) is 27.1. The van der Waals surface area contributed by atoms with E-state index in [1.807, 2.05) is 54.6 Å². The van der Waals surface area contributed by atoms with E-state index in [1.54, 1.807) is 0 Å². The molecule has 3 rings (SSSR count). The van der Waals surface area contributed by atoms with Crippen molar-refractivity contribution < 1.29 is 28.4 Å². The SMILES string of the molecule is CCCCCCCC/C=C\CCCCCCCC(=O)NC(COP(=O)(O)O)Cc1ccc(Oc2cc3ccccc3[nH]2)cc1. The van der Waals surface area contributed by atoms with Crippen molar-refractivity contribution in [2.24, 2.45) is 0 Å². The minimum Gasteiger partial charge on any atom is -0.441 e. The maximum Gasteiger partial charge on any atom is 0.469 e. The van der Waals surface area contributed by atoms with E-state index < -0.39 is 13.9 Å². The molecule has 0 aliphatic heterocycles. The molecule has 0 aliphatic carbocycles. The molecular formula is C35H51N2O6P. The molecule has 0 radical (unpaired) electrons. The lowest BCUT2D eigenvalue weighted by Gasteiger charge is -2.19. The average molecular weight is 627 g/mol. The highest BCUT2D eigenvalue weighted by Crippen LogP contribution is 2.36. The van der Waals surface area contributed by atoms with Gasteiger partial charge in [-0.15, -0.1) is 0 Å². The van der Waals surface area contributed by atoms with E-state index in [-0.39, 0.29) is 12.5 Å². The van der Waals surface area contributed by atoms with Gasteiger partial charge in [0.1, 0.15) is 5.75 Å². The number of unbranched alkanes of at least 4 members (excludes halogenated alkanes) is 11. The lowest BCUT2D eigenvalue weighted by atomic mass is 10.1. The standard InChI is InChI=1S/C35H51N2O6P/c1-2-3-4-5-6-7-8-9-10-11-12-13-14-15-16-21-34(38)36-31(28-42-44(39,40)41)26-29-22-24-32(25-23-29)43-35-27-30-19-17-18-20-33(30)37-35/h9-10,17-20,22-25,27,31,37H,2-8,11-16,21,26,28H2,1H3,(H,36,38)(H2,39,40,41)/b10-9-. The Morgan fingerprint density at radius 3 is 2.18 bits per heavy atom. The molecule has 1 aromatic heterocycles. The Morgan fingerprint density at radius 1 is 0.886 bits per heavy atom. The zero-order valence-electron chi connectivity index (χ0n) is 26.2. The van der Waals surface area contributed by atoms with E-state index in [0.29, 0.717) is 24.5 Å². The van der Waals surface area contributed by atoms with Crippen LogP contribution in [0.2, 0.25) is 0 Å². The quantitative estimate of drug-likeness (QED) is 0.0473. The number of phosphoric ester groups is 1. The number of ether oxygens (including phenoxy) is 1. The number of hydrogen-bond acceptors (Lipinski definition) is 4. The predicted octanol–water partition coefficient (Wildman–Crippen LogP) is 9.13. The molecule has 9 heteroatoms. The first-order valence-electron chi connectivity index (χ1n) is 16.3. The third kappa shape index (κ3) is 15.2. The third-order valence-electron chi connectivity index (χ3n) is 7.61. The van der Waals surface area contributed by atoms with E-state index in [4.69, 9.17) is 9.26 Å². The number of aromatic amines is 1. The fraction of sp³-hybridized carbons (Fsp3) is 0.514. The molecule has 0 aliphatic rings. The van der Waals surface area contributed by atoms with Crippen molar-refractivity contribution in [1.29, 1.82) is 0 Å². The highest BCUT2D eigenvalue weighted by molar-refractivity contribution is 7.46. The van der Waals surface area contributed by atoms with Gasteiger partial charge in [-0.3, -0.25) is 9.32 Å². The van der Waals surface area contributed by atoms with Crippen LogP contribution in [0.25, 0.3) is 10.9 Å². The Bertz CT molecular complexity index is 1270. The summed E-state index contributed by atoms with van der Waals surface area (Å²) < 4.78 is 22.0. The van der Waals surface area contributed by atoms with Gasteiger partial charge in [0.25, 0.3) is 0 Å². The largest absolute Gasteiger partial charge is 0.469 e. The summed E-state index contributed by atoms with van der Waals surface area (Å²) in [6, 6.07) is 16.7. The Labute approximate surface area is 262 Å². The highest BCUT2D eigenvalue weighted by Gasteiger charge is 2.20. The molecule has 3 aromatic rings. The van der Waals surface area contributed by atoms with E-state index >= 15 is 0 Å². The topological polar surface area (TPSA) is 121 Å². The van der Waals surface area contributed by atoms with Crippen molar-refractivity contribution in [2.75, 3.05) is 6.61 Å². The average Bonchev–Trinajstić information content (AvgIpc) is 3.41. The van der Waals surface area contributed by atoms with Crippen molar-refractivity contribution >= 4 is 24.6 Å². The van der Waals surface area contributed by atoms with Crippen LogP contribution in [0.5, 0.6) is 11.6 Å². The van der Waals surface area contributed by atoms with Crippen molar-refractivity contribution in [3.8, 4) is 11.6 Å². The minimum absolute atomic E-state index is 0.138. The second-order valence-corrected chi connectivity index (χ2v) is 12.8. The van der Waals surface area contributed by atoms with Gasteiger partial charge in [0, 0.05) is 23.4 Å². The number of carbonyl (C=O) groups excluding carboxylic acids is 1. The van der Waals surface area contributed by atoms with Crippen LogP contribution in [0.4, 0.5) is 0 Å². The molecule has 1 heterocycles. The van der Waals surface area contributed by atoms with Crippen LogP contribution < -0.4 is 10.1 Å². The number of carbonyl (C=O) groups is 1. The van der Waals surface area contributed by atoms with Gasteiger partial charge in [0.05, 0.1) is 12.6 Å². The molecular weight excluding hydrogens is 575 g/mol. The first kappa shape index (κ1) is 35.6. The van der Waals surface area contributed by atoms with Crippen LogP contribution in [-0.2, 0) is 20.3 Å². The van der Waals surface area contributed by atoms with E-state index in [0.717, 1.165) is 48.6 Å². The Balaban J connectivity index is 1.33. The van der Waals surface area contributed by atoms with Gasteiger partial charge in [-0.1, -0.05) is 101 Å². The Hall–Kier alpha value is -2.90. The molecule has 1 amide bonds. The molecule has 8 nitrogen and oxygen atoms in total. The van der Waals surface area contributed by atoms with Gasteiger partial charge >= 0.3 is 7.82 Å². The summed E-state index contributed by atoms with van der Waals surface area (Å²) in [6.45, 7) is 1.97. The first-order valence-corrected chi connectivity index (χ1v) is 17.8. The number of fused-ring (bicyclic) bond motifs is 1. The predicted molar refractivity (Wildman–Crippen MR) is 178 cm³/mol. The second kappa shape index (κ2) is 20.2. The second-order valence-electron chi connectivity index (χ2n) is 11.6. The fourth-order valence-corrected chi connectivity index (χ4v) is 5.58. The number of H-pyrrole nitrogens is 1. The highest BCUT2D eigenvalue weighted by atomic mass is 31.2. The summed E-state index contributed by atoms with van der Waals surface area (Å²) in [6.07, 6.45) is 20.9. The van der Waals surface area contributed by atoms with Crippen LogP contribution in [0.15, 0.2) is 66.7 Å². The van der Waals surface area contributed by atoms with E-state index in [2.05, 4.69) is 29.4 Å². The smallest absolute Gasteiger partial charge is 0.441 e. The summed E-state index contributed by atoms with van der Waals surface area (Å²) in [5.74, 6) is 1.15. The number of rotatable bonds is 23.